The van der Waals surface area contributed by atoms with Gasteiger partial charge >= 0.3 is 0 Å². The normalized spacial score (nSPS) is 11.7. The Morgan fingerprint density at radius 3 is 2.33 bits per heavy atom. The van der Waals surface area contributed by atoms with Crippen molar-refractivity contribution in [2.75, 3.05) is 26.7 Å². The summed E-state index contributed by atoms with van der Waals surface area (Å²) in [4.78, 5) is 7.35. The summed E-state index contributed by atoms with van der Waals surface area (Å²) in [7, 11) is 1.74. The van der Waals surface area contributed by atoms with Crippen molar-refractivity contribution in [3.63, 3.8) is 0 Å². The number of aryl methyl sites for hydroxylation is 1. The van der Waals surface area contributed by atoms with Crippen LogP contribution in [0.5, 0.6) is 0 Å². The van der Waals surface area contributed by atoms with E-state index in [9.17, 15) is 0 Å². The number of fused-ring (bicyclic) bond motifs is 1. The number of nitrogens with zero attached hydrogens (tertiary/aromatic N) is 3. The second kappa shape index (κ2) is 10.5. The summed E-state index contributed by atoms with van der Waals surface area (Å²) in [5, 5.41) is 0. The predicted molar refractivity (Wildman–Crippen MR) is 101 cm³/mol. The van der Waals surface area contributed by atoms with Gasteiger partial charge in [-0.3, -0.25) is 0 Å². The fourth-order valence-corrected chi connectivity index (χ4v) is 3.17. The number of hydrogen-bond acceptors (Lipinski definition) is 3. The zero-order chi connectivity index (χ0) is 17.2. The molecule has 0 unspecified atom stereocenters. The minimum atomic E-state index is 0.573. The van der Waals surface area contributed by atoms with E-state index in [-0.39, 0.29) is 0 Å². The molecule has 4 nitrogen and oxygen atoms in total. The van der Waals surface area contributed by atoms with E-state index in [1.807, 2.05) is 6.07 Å². The van der Waals surface area contributed by atoms with Gasteiger partial charge in [-0.1, -0.05) is 38.8 Å². The standard InChI is InChI=1S/C20H33N3O/c1-4-6-13-22(14-7-5-2)15-10-16-23-19-12-9-8-11-18(19)21-20(23)17-24-3/h8-9,11-12H,4-7,10,13-17H2,1-3H3. The zero-order valence-electron chi connectivity index (χ0n) is 15.6. The molecule has 0 N–H and O–H groups in total. The number of rotatable bonds is 12. The van der Waals surface area contributed by atoms with Gasteiger partial charge in [-0.15, -0.1) is 0 Å². The molecule has 2 rings (SSSR count). The van der Waals surface area contributed by atoms with Crippen LogP contribution >= 0.6 is 0 Å². The first-order valence-corrected chi connectivity index (χ1v) is 9.45. The van der Waals surface area contributed by atoms with Crippen LogP contribution in [0.4, 0.5) is 0 Å². The summed E-state index contributed by atoms with van der Waals surface area (Å²) in [5.74, 6) is 1.03. The third kappa shape index (κ3) is 5.32. The fourth-order valence-electron chi connectivity index (χ4n) is 3.17. The molecule has 0 bridgehead atoms. The van der Waals surface area contributed by atoms with E-state index in [0.29, 0.717) is 6.61 Å². The maximum atomic E-state index is 5.34. The molecule has 0 fully saturated rings. The molecule has 1 aromatic heterocycles. The van der Waals surface area contributed by atoms with Gasteiger partial charge in [0.25, 0.3) is 0 Å². The van der Waals surface area contributed by atoms with Crippen LogP contribution in [0.2, 0.25) is 0 Å². The summed E-state index contributed by atoms with van der Waals surface area (Å²) >= 11 is 0. The molecule has 0 saturated carbocycles. The van der Waals surface area contributed by atoms with Crippen molar-refractivity contribution in [1.29, 1.82) is 0 Å². The van der Waals surface area contributed by atoms with Gasteiger partial charge in [0.2, 0.25) is 0 Å². The lowest BCUT2D eigenvalue weighted by Crippen LogP contribution is -2.28. The molecule has 24 heavy (non-hydrogen) atoms. The largest absolute Gasteiger partial charge is 0.377 e. The Hall–Kier alpha value is -1.39. The molecule has 0 aliphatic rings. The van der Waals surface area contributed by atoms with Crippen LogP contribution in [-0.2, 0) is 17.9 Å². The van der Waals surface area contributed by atoms with Gasteiger partial charge in [-0.25, -0.2) is 4.98 Å². The van der Waals surface area contributed by atoms with Crippen molar-refractivity contribution in [3.05, 3.63) is 30.1 Å². The van der Waals surface area contributed by atoms with Crippen LogP contribution in [0.3, 0.4) is 0 Å². The number of hydrogen-bond donors (Lipinski definition) is 0. The van der Waals surface area contributed by atoms with Crippen molar-refractivity contribution >= 4 is 11.0 Å². The molecular weight excluding hydrogens is 298 g/mol. The molecule has 1 aromatic carbocycles. The summed E-state index contributed by atoms with van der Waals surface area (Å²) in [5.41, 5.74) is 2.29. The van der Waals surface area contributed by atoms with Gasteiger partial charge in [0, 0.05) is 13.7 Å². The molecule has 0 amide bonds. The average molecular weight is 332 g/mol. The summed E-state index contributed by atoms with van der Waals surface area (Å²) in [6.45, 7) is 9.74. The third-order valence-corrected chi connectivity index (χ3v) is 4.52. The zero-order valence-corrected chi connectivity index (χ0v) is 15.6. The van der Waals surface area contributed by atoms with Crippen molar-refractivity contribution in [3.8, 4) is 0 Å². The molecule has 0 radical (unpaired) electrons. The Morgan fingerprint density at radius 1 is 1.00 bits per heavy atom. The molecule has 2 aromatic rings. The van der Waals surface area contributed by atoms with E-state index in [0.717, 1.165) is 24.3 Å². The van der Waals surface area contributed by atoms with Gasteiger partial charge < -0.3 is 14.2 Å². The minimum Gasteiger partial charge on any atom is -0.377 e. The lowest BCUT2D eigenvalue weighted by atomic mass is 10.2. The molecule has 0 spiro atoms. The first-order chi connectivity index (χ1) is 11.8. The number of aromatic nitrogens is 2. The highest BCUT2D eigenvalue weighted by molar-refractivity contribution is 5.75. The van der Waals surface area contributed by atoms with E-state index >= 15 is 0 Å². The van der Waals surface area contributed by atoms with Crippen molar-refractivity contribution < 1.29 is 4.74 Å². The van der Waals surface area contributed by atoms with Crippen LogP contribution in [0.1, 0.15) is 51.8 Å². The number of methoxy groups -OCH3 is 1. The number of benzene rings is 1. The van der Waals surface area contributed by atoms with Crippen molar-refractivity contribution in [2.24, 2.45) is 0 Å². The van der Waals surface area contributed by atoms with Gasteiger partial charge in [0.1, 0.15) is 12.4 Å². The van der Waals surface area contributed by atoms with Crippen LogP contribution < -0.4 is 0 Å². The molecular formula is C20H33N3O. The SMILES string of the molecule is CCCCN(CCCC)CCCn1c(COC)nc2ccccc21. The van der Waals surface area contributed by atoms with Crippen LogP contribution in [0.15, 0.2) is 24.3 Å². The predicted octanol–water partition coefficient (Wildman–Crippen LogP) is 4.48. The quantitative estimate of drug-likeness (QED) is 0.574. The highest BCUT2D eigenvalue weighted by Gasteiger charge is 2.11. The Bertz CT molecular complexity index is 586. The highest BCUT2D eigenvalue weighted by Crippen LogP contribution is 2.17. The molecule has 0 saturated heterocycles. The average Bonchev–Trinajstić information content (AvgIpc) is 2.95. The molecule has 0 aliphatic heterocycles. The monoisotopic (exact) mass is 331 g/mol. The molecule has 134 valence electrons. The van der Waals surface area contributed by atoms with Crippen LogP contribution in [0, 0.1) is 0 Å². The number of imidazole rings is 1. The van der Waals surface area contributed by atoms with Gasteiger partial charge in [-0.2, -0.15) is 0 Å². The summed E-state index contributed by atoms with van der Waals surface area (Å²) in [6, 6.07) is 8.38. The fraction of sp³-hybridized carbons (Fsp3) is 0.650. The van der Waals surface area contributed by atoms with E-state index in [1.54, 1.807) is 7.11 Å². The highest BCUT2D eigenvalue weighted by atomic mass is 16.5. The lowest BCUT2D eigenvalue weighted by Gasteiger charge is -2.22. The molecule has 4 heteroatoms. The Labute approximate surface area is 146 Å². The third-order valence-electron chi connectivity index (χ3n) is 4.52. The minimum absolute atomic E-state index is 0.573. The summed E-state index contributed by atoms with van der Waals surface area (Å²) < 4.78 is 7.67. The molecule has 0 aliphatic carbocycles. The van der Waals surface area contributed by atoms with Crippen LogP contribution in [0.25, 0.3) is 11.0 Å². The topological polar surface area (TPSA) is 30.3 Å². The molecule has 0 atom stereocenters. The van der Waals surface area contributed by atoms with Crippen molar-refractivity contribution in [1.82, 2.24) is 14.5 Å². The maximum Gasteiger partial charge on any atom is 0.135 e. The smallest absolute Gasteiger partial charge is 0.135 e. The van der Waals surface area contributed by atoms with E-state index in [1.165, 1.54) is 50.8 Å². The molecule has 1 heterocycles. The number of unbranched alkanes of at least 4 members (excludes halogenated alkanes) is 2. The number of para-hydroxylation sites is 2. The lowest BCUT2D eigenvalue weighted by molar-refractivity contribution is 0.174. The van der Waals surface area contributed by atoms with E-state index < -0.39 is 0 Å². The Kier molecular flexibility index (Phi) is 8.26. The second-order valence-corrected chi connectivity index (χ2v) is 6.50. The van der Waals surface area contributed by atoms with Crippen molar-refractivity contribution in [2.45, 2.75) is 59.1 Å². The van der Waals surface area contributed by atoms with Gasteiger partial charge in [0.15, 0.2) is 0 Å². The number of ether oxygens (including phenoxy) is 1. The Morgan fingerprint density at radius 2 is 1.67 bits per heavy atom. The van der Waals surface area contributed by atoms with Gasteiger partial charge in [0.05, 0.1) is 11.0 Å². The first kappa shape index (κ1) is 18.9. The van der Waals surface area contributed by atoms with E-state index in [4.69, 9.17) is 9.72 Å². The van der Waals surface area contributed by atoms with Crippen LogP contribution in [-0.4, -0.2) is 41.2 Å². The first-order valence-electron chi connectivity index (χ1n) is 9.45. The second-order valence-electron chi connectivity index (χ2n) is 6.50. The summed E-state index contributed by atoms with van der Waals surface area (Å²) in [6.07, 6.45) is 6.29. The Balaban J connectivity index is 1.99. The van der Waals surface area contributed by atoms with Gasteiger partial charge in [-0.05, 0) is 51.0 Å². The van der Waals surface area contributed by atoms with E-state index in [2.05, 4.69) is 41.5 Å². The maximum absolute atomic E-state index is 5.34.